The lowest BCUT2D eigenvalue weighted by Crippen LogP contribution is -2.24. The maximum Gasteiger partial charge on any atom is 0.297 e. The van der Waals surface area contributed by atoms with Crippen molar-refractivity contribution in [3.63, 3.8) is 0 Å². The third kappa shape index (κ3) is 9.72. The highest BCUT2D eigenvalue weighted by Crippen LogP contribution is 2.36. The summed E-state index contributed by atoms with van der Waals surface area (Å²) in [5, 5.41) is 12.2. The van der Waals surface area contributed by atoms with Crippen molar-refractivity contribution in [1.82, 2.24) is 4.57 Å². The Morgan fingerprint density at radius 3 is 2.38 bits per heavy atom. The van der Waals surface area contributed by atoms with Crippen LogP contribution in [-0.4, -0.2) is 16.1 Å². The van der Waals surface area contributed by atoms with Crippen LogP contribution in [0.1, 0.15) is 99.3 Å². The van der Waals surface area contributed by atoms with E-state index in [-0.39, 0.29) is 23.6 Å². The molecule has 0 aliphatic heterocycles. The van der Waals surface area contributed by atoms with Gasteiger partial charge in [-0.3, -0.25) is 14.9 Å². The van der Waals surface area contributed by atoms with Gasteiger partial charge in [-0.1, -0.05) is 63.2 Å². The Bertz CT molecular complexity index is 1250. The van der Waals surface area contributed by atoms with Gasteiger partial charge in [0.05, 0.1) is 16.2 Å². The molecule has 7 nitrogen and oxygen atoms in total. The largest absolute Gasteiger partial charge is 0.481 e. The maximum atomic E-state index is 13.9. The number of nitrogens with zero attached hydrogens (tertiary/aromatic N) is 2. The summed E-state index contributed by atoms with van der Waals surface area (Å²) in [4.78, 5) is 25.0. The Kier molecular flexibility index (Phi) is 13.5. The summed E-state index contributed by atoms with van der Waals surface area (Å²) in [5.41, 5.74) is 2.58. The van der Waals surface area contributed by atoms with Crippen molar-refractivity contribution in [1.29, 1.82) is 0 Å². The Hall–Kier alpha value is -3.35. The minimum Gasteiger partial charge on any atom is -0.481 e. The molecule has 0 radical (unpaired) electrons. The van der Waals surface area contributed by atoms with Gasteiger partial charge in [0.25, 0.3) is 11.2 Å². The first kappa shape index (κ1) is 31.9. The van der Waals surface area contributed by atoms with Crippen LogP contribution in [0.3, 0.4) is 0 Å². The van der Waals surface area contributed by atoms with Crippen LogP contribution in [0.25, 0.3) is 10.9 Å². The molecule has 214 valence electrons. The van der Waals surface area contributed by atoms with Gasteiger partial charge >= 0.3 is 0 Å². The molecule has 1 aromatic heterocycles. The van der Waals surface area contributed by atoms with E-state index in [0.29, 0.717) is 35.4 Å². The number of fused-ring (bicyclic) bond motifs is 1. The molecule has 39 heavy (non-hydrogen) atoms. The highest BCUT2D eigenvalue weighted by Gasteiger charge is 2.22. The van der Waals surface area contributed by atoms with Gasteiger partial charge in [-0.05, 0) is 65.2 Å². The number of aryl methyl sites for hydroxylation is 1. The first-order valence-corrected chi connectivity index (χ1v) is 14.3. The lowest BCUT2D eigenvalue weighted by atomic mass is 10.1. The fourth-order valence-electron chi connectivity index (χ4n) is 4.43. The number of nitro groups is 1. The minimum absolute atomic E-state index is 0.0603. The molecule has 1 aromatic carbocycles. The molecule has 0 fully saturated rings. The van der Waals surface area contributed by atoms with Crippen molar-refractivity contribution in [2.45, 2.75) is 106 Å². The van der Waals surface area contributed by atoms with E-state index in [1.807, 2.05) is 26.0 Å². The summed E-state index contributed by atoms with van der Waals surface area (Å²) in [6, 6.07) is 4.59. The van der Waals surface area contributed by atoms with Crippen molar-refractivity contribution in [3.05, 3.63) is 73.8 Å². The summed E-state index contributed by atoms with van der Waals surface area (Å²) in [6.07, 6.45) is 15.0. The predicted molar refractivity (Wildman–Crippen MR) is 161 cm³/mol. The van der Waals surface area contributed by atoms with Crippen LogP contribution < -0.4 is 15.0 Å². The quantitative estimate of drug-likeness (QED) is 0.0659. The highest BCUT2D eigenvalue weighted by molar-refractivity contribution is 5.89. The summed E-state index contributed by atoms with van der Waals surface area (Å²) in [7, 11) is 0. The van der Waals surface area contributed by atoms with E-state index in [0.717, 1.165) is 32.1 Å². The molecule has 0 saturated carbocycles. The van der Waals surface area contributed by atoms with Crippen LogP contribution in [0.5, 0.6) is 11.5 Å². The van der Waals surface area contributed by atoms with Crippen molar-refractivity contribution in [2.75, 3.05) is 6.61 Å². The molecule has 2 rings (SSSR count). The van der Waals surface area contributed by atoms with E-state index in [2.05, 4.69) is 33.8 Å². The van der Waals surface area contributed by atoms with Crippen molar-refractivity contribution < 1.29 is 14.4 Å². The van der Waals surface area contributed by atoms with Crippen LogP contribution in [0.15, 0.2) is 58.1 Å². The first-order valence-electron chi connectivity index (χ1n) is 14.3. The van der Waals surface area contributed by atoms with Crippen LogP contribution in [-0.2, 0) is 6.54 Å². The molecule has 0 N–H and O–H groups in total. The molecule has 0 saturated heterocycles. The molecule has 0 aliphatic carbocycles. The van der Waals surface area contributed by atoms with Crippen LogP contribution >= 0.6 is 0 Å². The minimum atomic E-state index is -0.434. The van der Waals surface area contributed by atoms with Gasteiger partial charge in [0, 0.05) is 30.5 Å². The molecule has 0 spiro atoms. The third-order valence-corrected chi connectivity index (χ3v) is 6.76. The zero-order valence-electron chi connectivity index (χ0n) is 24.7. The Morgan fingerprint density at radius 2 is 1.74 bits per heavy atom. The molecule has 0 unspecified atom stereocenters. The second kappa shape index (κ2) is 16.6. The number of pyridine rings is 1. The molecule has 0 aliphatic rings. The van der Waals surface area contributed by atoms with Crippen molar-refractivity contribution in [3.8, 4) is 11.5 Å². The second-order valence-corrected chi connectivity index (χ2v) is 10.2. The van der Waals surface area contributed by atoms with Crippen molar-refractivity contribution >= 4 is 16.6 Å². The number of unbranched alkanes of at least 4 members (excludes halogenated alkanes) is 5. The number of hydrogen-bond donors (Lipinski definition) is 0. The number of aromatic nitrogens is 1. The van der Waals surface area contributed by atoms with Gasteiger partial charge < -0.3 is 14.0 Å². The first-order chi connectivity index (χ1) is 18.7. The van der Waals surface area contributed by atoms with Gasteiger partial charge in [0.2, 0.25) is 5.75 Å². The molecule has 1 heterocycles. The van der Waals surface area contributed by atoms with E-state index in [1.165, 1.54) is 42.5 Å². The van der Waals surface area contributed by atoms with E-state index < -0.39 is 4.92 Å². The zero-order valence-corrected chi connectivity index (χ0v) is 24.7. The van der Waals surface area contributed by atoms with Gasteiger partial charge in [-0.15, -0.1) is 0 Å². The number of benzene rings is 1. The Balaban J connectivity index is 2.54. The normalized spacial score (nSPS) is 12.1. The summed E-state index contributed by atoms with van der Waals surface area (Å²) >= 11 is 0. The van der Waals surface area contributed by atoms with E-state index in [9.17, 15) is 14.9 Å². The summed E-state index contributed by atoms with van der Waals surface area (Å²) in [6.45, 7) is 13.0. The van der Waals surface area contributed by atoms with Gasteiger partial charge in [-0.2, -0.15) is 0 Å². The van der Waals surface area contributed by atoms with Gasteiger partial charge in [-0.25, -0.2) is 0 Å². The molecule has 0 bridgehead atoms. The number of ether oxygens (including phenoxy) is 2. The van der Waals surface area contributed by atoms with Crippen molar-refractivity contribution in [2.24, 2.45) is 0 Å². The zero-order chi connectivity index (χ0) is 28.8. The molecule has 2 aromatic rings. The Labute approximate surface area is 233 Å². The van der Waals surface area contributed by atoms with Crippen LogP contribution in [0.2, 0.25) is 0 Å². The summed E-state index contributed by atoms with van der Waals surface area (Å²) in [5.74, 6) is 1.15. The SMILES string of the molecule is CC=C(CC)Oc1c(OC/C=C(\C)CCC=C(C)C)c(=O)n(CCCCCCCC)c2cc([N+](=O)[O-])ccc12. The lowest BCUT2D eigenvalue weighted by Gasteiger charge is -2.19. The summed E-state index contributed by atoms with van der Waals surface area (Å²) < 4.78 is 14.0. The molecule has 0 atom stereocenters. The van der Waals surface area contributed by atoms with E-state index >= 15 is 0 Å². The molecule has 7 heteroatoms. The highest BCUT2D eigenvalue weighted by atomic mass is 16.6. The fraction of sp³-hybridized carbons (Fsp3) is 0.531. The topological polar surface area (TPSA) is 83.6 Å². The number of non-ortho nitro benzene ring substituents is 1. The van der Waals surface area contributed by atoms with Crippen LogP contribution in [0, 0.1) is 10.1 Å². The van der Waals surface area contributed by atoms with E-state index in [1.54, 1.807) is 10.6 Å². The van der Waals surface area contributed by atoms with Crippen LogP contribution in [0.4, 0.5) is 5.69 Å². The number of hydrogen-bond acceptors (Lipinski definition) is 5. The third-order valence-electron chi connectivity index (χ3n) is 6.76. The lowest BCUT2D eigenvalue weighted by molar-refractivity contribution is -0.384. The fourth-order valence-corrected chi connectivity index (χ4v) is 4.43. The second-order valence-electron chi connectivity index (χ2n) is 10.2. The monoisotopic (exact) mass is 538 g/mol. The molecule has 0 amide bonds. The smallest absolute Gasteiger partial charge is 0.297 e. The molecular formula is C32H46N2O5. The number of rotatable bonds is 17. The van der Waals surface area contributed by atoms with Gasteiger partial charge in [0.1, 0.15) is 6.61 Å². The Morgan fingerprint density at radius 1 is 1.03 bits per heavy atom. The number of nitro benzene ring substituents is 1. The maximum absolute atomic E-state index is 13.9. The van der Waals surface area contributed by atoms with Gasteiger partial charge in [0.15, 0.2) is 5.75 Å². The van der Waals surface area contributed by atoms with E-state index in [4.69, 9.17) is 9.47 Å². The molecular weight excluding hydrogens is 492 g/mol. The predicted octanol–water partition coefficient (Wildman–Crippen LogP) is 9.03. The average Bonchev–Trinajstić information content (AvgIpc) is 2.91. The number of allylic oxidation sites excluding steroid dienone is 5. The average molecular weight is 539 g/mol. The standard InChI is InChI=1S/C32H46N2O5/c1-7-10-11-12-13-14-21-33-29-23-26(34(36)37)18-19-28(29)30(39-27(8-2)9-3)31(32(33)35)38-22-20-25(6)17-15-16-24(4)5/h8,16,18-20,23H,7,9-15,17,21-22H2,1-6H3/b25-20+,27-8?.